The zero-order chi connectivity index (χ0) is 8.55. The molecule has 1 aliphatic rings. The number of anilines is 1. The van der Waals surface area contributed by atoms with Crippen LogP contribution in [0.4, 0.5) is 5.13 Å². The van der Waals surface area contributed by atoms with Crippen molar-refractivity contribution >= 4 is 28.1 Å². The van der Waals surface area contributed by atoms with Gasteiger partial charge in [0.2, 0.25) is 0 Å². The largest absolute Gasteiger partial charge is 0.359 e. The number of hydrogen-bond acceptors (Lipinski definition) is 3. The van der Waals surface area contributed by atoms with E-state index in [4.69, 9.17) is 11.6 Å². The van der Waals surface area contributed by atoms with Gasteiger partial charge in [-0.15, -0.1) is 11.3 Å². The van der Waals surface area contributed by atoms with Gasteiger partial charge in [0.15, 0.2) is 5.13 Å². The first kappa shape index (κ1) is 8.32. The van der Waals surface area contributed by atoms with Crippen molar-refractivity contribution in [2.75, 3.05) is 5.32 Å². The maximum atomic E-state index is 5.69. The van der Waals surface area contributed by atoms with E-state index in [0.29, 0.717) is 11.2 Å². The quantitative estimate of drug-likeness (QED) is 0.798. The molecular weight excluding hydrogens is 192 g/mol. The highest BCUT2D eigenvalue weighted by Crippen LogP contribution is 2.30. The zero-order valence-corrected chi connectivity index (χ0v) is 8.45. The third-order valence-electron chi connectivity index (χ3n) is 2.18. The molecule has 0 saturated heterocycles. The summed E-state index contributed by atoms with van der Waals surface area (Å²) in [6.07, 6.45) is 2.52. The van der Waals surface area contributed by atoms with Gasteiger partial charge < -0.3 is 5.32 Å². The second kappa shape index (κ2) is 3.23. The summed E-state index contributed by atoms with van der Waals surface area (Å²) in [7, 11) is 0. The molecule has 1 aromatic rings. The van der Waals surface area contributed by atoms with Crippen LogP contribution in [-0.4, -0.2) is 11.0 Å². The van der Waals surface area contributed by atoms with Crippen LogP contribution in [0.1, 0.15) is 19.8 Å². The Balaban J connectivity index is 1.88. The van der Waals surface area contributed by atoms with Crippen molar-refractivity contribution in [2.45, 2.75) is 25.8 Å². The number of aromatic nitrogens is 1. The minimum absolute atomic E-state index is 0.592. The Morgan fingerprint density at radius 1 is 1.67 bits per heavy atom. The predicted molar refractivity (Wildman–Crippen MR) is 52.9 cm³/mol. The first-order valence-corrected chi connectivity index (χ1v) is 5.37. The Bertz CT molecular complexity index is 268. The summed E-state index contributed by atoms with van der Waals surface area (Å²) < 4.78 is 0. The molecule has 0 aliphatic heterocycles. The van der Waals surface area contributed by atoms with Gasteiger partial charge in [0.05, 0.1) is 0 Å². The first-order chi connectivity index (χ1) is 5.74. The molecule has 2 nitrogen and oxygen atoms in total. The average Bonchev–Trinajstić information content (AvgIpc) is 2.33. The maximum absolute atomic E-state index is 5.69. The van der Waals surface area contributed by atoms with E-state index >= 15 is 0 Å². The Labute approximate surface area is 81.0 Å². The van der Waals surface area contributed by atoms with Crippen LogP contribution in [0.5, 0.6) is 0 Å². The summed E-state index contributed by atoms with van der Waals surface area (Å²) in [5, 5.41) is 6.75. The Kier molecular flexibility index (Phi) is 2.24. The molecule has 0 spiro atoms. The lowest BCUT2D eigenvalue weighted by molar-refractivity contribution is 0.309. The van der Waals surface area contributed by atoms with E-state index in [1.54, 1.807) is 11.3 Å². The van der Waals surface area contributed by atoms with Crippen LogP contribution in [0.3, 0.4) is 0 Å². The van der Waals surface area contributed by atoms with Gasteiger partial charge in [0.25, 0.3) is 0 Å². The third-order valence-corrected chi connectivity index (χ3v) is 3.27. The molecule has 0 amide bonds. The fourth-order valence-corrected chi connectivity index (χ4v) is 2.43. The molecule has 1 N–H and O–H groups in total. The van der Waals surface area contributed by atoms with Gasteiger partial charge in [0, 0.05) is 11.4 Å². The van der Waals surface area contributed by atoms with E-state index < -0.39 is 0 Å². The Hall–Kier alpha value is -0.280. The minimum atomic E-state index is 0.592. The summed E-state index contributed by atoms with van der Waals surface area (Å²) in [5.74, 6) is 0.873. The van der Waals surface area contributed by atoms with Gasteiger partial charge in [0.1, 0.15) is 5.15 Å². The fraction of sp³-hybridized carbons (Fsp3) is 0.625. The van der Waals surface area contributed by atoms with Crippen molar-refractivity contribution in [2.24, 2.45) is 5.92 Å². The highest BCUT2D eigenvalue weighted by Gasteiger charge is 2.25. The molecule has 66 valence electrons. The van der Waals surface area contributed by atoms with Crippen molar-refractivity contribution in [3.05, 3.63) is 10.5 Å². The van der Waals surface area contributed by atoms with Gasteiger partial charge in [-0.3, -0.25) is 0 Å². The van der Waals surface area contributed by atoms with Crippen molar-refractivity contribution in [3.8, 4) is 0 Å². The smallest absolute Gasteiger partial charge is 0.184 e. The lowest BCUT2D eigenvalue weighted by Crippen LogP contribution is -2.33. The zero-order valence-electron chi connectivity index (χ0n) is 6.88. The highest BCUT2D eigenvalue weighted by molar-refractivity contribution is 7.14. The van der Waals surface area contributed by atoms with Crippen LogP contribution < -0.4 is 5.32 Å². The van der Waals surface area contributed by atoms with Gasteiger partial charge in [-0.1, -0.05) is 18.5 Å². The van der Waals surface area contributed by atoms with E-state index in [-0.39, 0.29) is 0 Å². The number of nitrogens with zero attached hydrogens (tertiary/aromatic N) is 1. The Morgan fingerprint density at radius 3 is 2.92 bits per heavy atom. The van der Waals surface area contributed by atoms with Crippen LogP contribution in [0.25, 0.3) is 0 Å². The van der Waals surface area contributed by atoms with Crippen LogP contribution in [0.2, 0.25) is 5.15 Å². The molecular formula is C8H11ClN2S. The van der Waals surface area contributed by atoms with Gasteiger partial charge in [-0.2, -0.15) is 0 Å². The summed E-state index contributed by atoms with van der Waals surface area (Å²) in [5.41, 5.74) is 0. The molecule has 0 radical (unpaired) electrons. The standard InChI is InChI=1S/C8H11ClN2S/c1-5-2-6(3-5)10-8-11-7(9)4-12-8/h4-6H,2-3H2,1H3,(H,10,11). The van der Waals surface area contributed by atoms with Crippen molar-refractivity contribution in [3.63, 3.8) is 0 Å². The van der Waals surface area contributed by atoms with Crippen LogP contribution in [0.15, 0.2) is 5.38 Å². The molecule has 1 aromatic heterocycles. The lowest BCUT2D eigenvalue weighted by Gasteiger charge is -2.32. The van der Waals surface area contributed by atoms with Gasteiger partial charge in [-0.05, 0) is 18.8 Å². The molecule has 0 unspecified atom stereocenters. The second-order valence-corrected chi connectivity index (χ2v) is 4.64. The van der Waals surface area contributed by atoms with Crippen LogP contribution in [-0.2, 0) is 0 Å². The third kappa shape index (κ3) is 1.72. The van der Waals surface area contributed by atoms with Crippen molar-refractivity contribution in [1.82, 2.24) is 4.98 Å². The van der Waals surface area contributed by atoms with Crippen molar-refractivity contribution < 1.29 is 0 Å². The monoisotopic (exact) mass is 202 g/mol. The van der Waals surface area contributed by atoms with Gasteiger partial charge >= 0.3 is 0 Å². The highest BCUT2D eigenvalue weighted by atomic mass is 35.5. The molecule has 1 aliphatic carbocycles. The van der Waals surface area contributed by atoms with Crippen LogP contribution >= 0.6 is 22.9 Å². The lowest BCUT2D eigenvalue weighted by atomic mass is 9.82. The van der Waals surface area contributed by atoms with E-state index in [2.05, 4.69) is 17.2 Å². The summed E-state index contributed by atoms with van der Waals surface area (Å²) in [4.78, 5) is 4.13. The van der Waals surface area contributed by atoms with Crippen LogP contribution in [0, 0.1) is 5.92 Å². The number of rotatable bonds is 2. The molecule has 1 saturated carbocycles. The fourth-order valence-electron chi connectivity index (χ4n) is 1.52. The molecule has 4 heteroatoms. The predicted octanol–water partition coefficient (Wildman–Crippen LogP) is 3.01. The Morgan fingerprint density at radius 2 is 2.42 bits per heavy atom. The first-order valence-electron chi connectivity index (χ1n) is 4.11. The minimum Gasteiger partial charge on any atom is -0.359 e. The summed E-state index contributed by atoms with van der Waals surface area (Å²) in [6.45, 7) is 2.27. The van der Waals surface area contributed by atoms with E-state index in [1.165, 1.54) is 12.8 Å². The number of halogens is 1. The molecule has 12 heavy (non-hydrogen) atoms. The summed E-state index contributed by atoms with van der Waals surface area (Å²) >= 11 is 7.27. The normalized spacial score (nSPS) is 28.2. The number of nitrogens with one attached hydrogen (secondary N) is 1. The molecule has 1 heterocycles. The van der Waals surface area contributed by atoms with Crippen molar-refractivity contribution in [1.29, 1.82) is 0 Å². The molecule has 1 fully saturated rings. The molecule has 0 atom stereocenters. The molecule has 0 aromatic carbocycles. The van der Waals surface area contributed by atoms with E-state index in [1.807, 2.05) is 5.38 Å². The summed E-state index contributed by atoms with van der Waals surface area (Å²) in [6, 6.07) is 0.627. The topological polar surface area (TPSA) is 24.9 Å². The average molecular weight is 203 g/mol. The maximum Gasteiger partial charge on any atom is 0.184 e. The second-order valence-electron chi connectivity index (χ2n) is 3.39. The SMILES string of the molecule is CC1CC(Nc2nc(Cl)cs2)C1. The number of thiazole rings is 1. The molecule has 2 rings (SSSR count). The molecule has 0 bridgehead atoms. The van der Waals surface area contributed by atoms with E-state index in [0.717, 1.165) is 11.0 Å². The van der Waals surface area contributed by atoms with Gasteiger partial charge in [-0.25, -0.2) is 4.98 Å². The van der Waals surface area contributed by atoms with E-state index in [9.17, 15) is 0 Å². The number of hydrogen-bond donors (Lipinski definition) is 1.